The maximum absolute atomic E-state index is 12.5. The predicted octanol–water partition coefficient (Wildman–Crippen LogP) is 5.63. The molecule has 0 saturated carbocycles. The topological polar surface area (TPSA) is 156 Å². The molecule has 40 heavy (non-hydrogen) atoms. The van der Waals surface area contributed by atoms with Gasteiger partial charge in [-0.3, -0.25) is 4.79 Å². The average Bonchev–Trinajstić information content (AvgIpc) is 2.81. The van der Waals surface area contributed by atoms with E-state index in [0.29, 0.717) is 18.4 Å². The van der Waals surface area contributed by atoms with Crippen LogP contribution in [0.1, 0.15) is 80.7 Å². The normalized spacial score (nSPS) is 13.2. The number of benzene rings is 1. The largest absolute Gasteiger partial charge is 0.514 e. The van der Waals surface area contributed by atoms with Crippen molar-refractivity contribution in [3.05, 3.63) is 23.8 Å². The van der Waals surface area contributed by atoms with Crippen LogP contribution in [0.4, 0.5) is 14.4 Å². The zero-order chi connectivity index (χ0) is 30.7. The van der Waals surface area contributed by atoms with Crippen LogP contribution in [0.15, 0.2) is 18.2 Å². The Bertz CT molecular complexity index is 1020. The summed E-state index contributed by atoms with van der Waals surface area (Å²) in [6.07, 6.45) is -2.89. The van der Waals surface area contributed by atoms with E-state index in [0.717, 1.165) is 0 Å². The van der Waals surface area contributed by atoms with Gasteiger partial charge in [-0.1, -0.05) is 19.9 Å². The van der Waals surface area contributed by atoms with E-state index in [1.165, 1.54) is 18.2 Å². The van der Waals surface area contributed by atoms with Crippen molar-refractivity contribution in [2.24, 2.45) is 0 Å². The minimum absolute atomic E-state index is 0.0339. The molecule has 226 valence electrons. The molecule has 0 radical (unpaired) electrons. The van der Waals surface area contributed by atoms with Crippen LogP contribution in [-0.2, 0) is 30.2 Å². The van der Waals surface area contributed by atoms with Crippen LogP contribution in [0.5, 0.6) is 11.5 Å². The first-order valence-electron chi connectivity index (χ1n) is 13.2. The molecule has 1 aromatic rings. The van der Waals surface area contributed by atoms with E-state index < -0.39 is 47.8 Å². The van der Waals surface area contributed by atoms with Gasteiger partial charge in [-0.2, -0.15) is 0 Å². The van der Waals surface area contributed by atoms with Crippen LogP contribution >= 0.6 is 0 Å². The van der Waals surface area contributed by atoms with E-state index in [1.807, 2.05) is 13.8 Å². The lowest BCUT2D eigenvalue weighted by Gasteiger charge is -2.24. The number of carbonyl (C=O) groups is 4. The van der Waals surface area contributed by atoms with E-state index in [9.17, 15) is 24.3 Å². The molecule has 1 rings (SSSR count). The molecule has 0 aromatic heterocycles. The molecule has 2 N–H and O–H groups in total. The Kier molecular flexibility index (Phi) is 13.2. The van der Waals surface area contributed by atoms with Gasteiger partial charge in [0.05, 0.1) is 6.10 Å². The summed E-state index contributed by atoms with van der Waals surface area (Å²) in [6, 6.07) is 3.19. The van der Waals surface area contributed by atoms with Crippen LogP contribution in [0, 0.1) is 0 Å². The van der Waals surface area contributed by atoms with Gasteiger partial charge in [0.15, 0.2) is 11.5 Å². The van der Waals surface area contributed by atoms with Crippen LogP contribution in [-0.4, -0.2) is 65.5 Å². The molecule has 1 aromatic carbocycles. The average molecular weight is 570 g/mol. The van der Waals surface area contributed by atoms with Crippen molar-refractivity contribution >= 4 is 24.4 Å². The SMILES string of the molecule is CCC(C)(C)OC(=O)Oc1ccc(C[C@H](NCC(C)OC(=O)OC(C)C)C(=O)O)cc1OC(=O)OC(C)(C)CC. The summed E-state index contributed by atoms with van der Waals surface area (Å²) in [5.74, 6) is -1.43. The molecular formula is C28H43NO11. The van der Waals surface area contributed by atoms with Crippen molar-refractivity contribution in [1.29, 1.82) is 0 Å². The van der Waals surface area contributed by atoms with Crippen molar-refractivity contribution in [3.8, 4) is 11.5 Å². The van der Waals surface area contributed by atoms with E-state index in [-0.39, 0.29) is 30.6 Å². The quantitative estimate of drug-likeness (QED) is 0.162. The molecule has 12 heteroatoms. The molecule has 12 nitrogen and oxygen atoms in total. The summed E-state index contributed by atoms with van der Waals surface area (Å²) < 4.78 is 31.3. The molecular weight excluding hydrogens is 526 g/mol. The summed E-state index contributed by atoms with van der Waals surface area (Å²) in [5.41, 5.74) is -1.15. The number of nitrogens with one attached hydrogen (secondary N) is 1. The van der Waals surface area contributed by atoms with Gasteiger partial charge in [-0.25, -0.2) is 14.4 Å². The van der Waals surface area contributed by atoms with Crippen LogP contribution in [0.2, 0.25) is 0 Å². The third-order valence-electron chi connectivity index (χ3n) is 5.84. The third kappa shape index (κ3) is 13.0. The number of carboxylic acid groups (broad SMARTS) is 1. The summed E-state index contributed by atoms with van der Waals surface area (Å²) in [6.45, 7) is 15.5. The molecule has 1 unspecified atom stereocenters. The predicted molar refractivity (Wildman–Crippen MR) is 145 cm³/mol. The number of carboxylic acids is 1. The minimum Gasteiger partial charge on any atom is -0.480 e. The van der Waals surface area contributed by atoms with Crippen molar-refractivity contribution in [3.63, 3.8) is 0 Å². The van der Waals surface area contributed by atoms with Crippen LogP contribution < -0.4 is 14.8 Å². The second-order valence-corrected chi connectivity index (χ2v) is 10.8. The smallest absolute Gasteiger partial charge is 0.480 e. The Morgan fingerprint density at radius 1 is 0.825 bits per heavy atom. The molecule has 2 atom stereocenters. The van der Waals surface area contributed by atoms with Crippen molar-refractivity contribution in [1.82, 2.24) is 5.32 Å². The first-order valence-corrected chi connectivity index (χ1v) is 13.2. The Labute approximate surface area is 235 Å². The van der Waals surface area contributed by atoms with Gasteiger partial charge in [0, 0.05) is 6.54 Å². The maximum Gasteiger partial charge on any atom is 0.514 e. The summed E-state index contributed by atoms with van der Waals surface area (Å²) in [7, 11) is 0. The fourth-order valence-corrected chi connectivity index (χ4v) is 2.88. The standard InChI is InChI=1S/C28H43NO11/c1-10-27(6,7)39-25(33)37-21-13-12-19(15-22(21)38-26(34)40-28(8,9)11-2)14-20(23(30)31)29-16-18(5)36-24(32)35-17(3)4/h12-13,15,17-18,20,29H,10-11,14,16H2,1-9H3,(H,30,31)/t18?,20-/m0/s1. The molecule has 0 amide bonds. The number of rotatable bonds is 14. The fourth-order valence-electron chi connectivity index (χ4n) is 2.88. The van der Waals surface area contributed by atoms with Gasteiger partial charge in [0.1, 0.15) is 23.3 Å². The zero-order valence-electron chi connectivity index (χ0n) is 24.8. The highest BCUT2D eigenvalue weighted by Crippen LogP contribution is 2.31. The lowest BCUT2D eigenvalue weighted by Crippen LogP contribution is -2.42. The molecule has 0 bridgehead atoms. The first-order chi connectivity index (χ1) is 18.5. The minimum atomic E-state index is -1.16. The monoisotopic (exact) mass is 569 g/mol. The van der Waals surface area contributed by atoms with E-state index in [2.05, 4.69) is 5.32 Å². The Balaban J connectivity index is 3.10. The third-order valence-corrected chi connectivity index (χ3v) is 5.84. The lowest BCUT2D eigenvalue weighted by molar-refractivity contribution is -0.139. The van der Waals surface area contributed by atoms with Gasteiger partial charge < -0.3 is 38.8 Å². The van der Waals surface area contributed by atoms with Crippen LogP contribution in [0.3, 0.4) is 0 Å². The molecule has 0 heterocycles. The van der Waals surface area contributed by atoms with E-state index in [1.54, 1.807) is 48.5 Å². The number of aliphatic carboxylic acids is 1. The highest BCUT2D eigenvalue weighted by atomic mass is 16.8. The highest BCUT2D eigenvalue weighted by Gasteiger charge is 2.27. The Morgan fingerprint density at radius 2 is 1.35 bits per heavy atom. The molecule has 0 aliphatic rings. The number of carbonyl (C=O) groups excluding carboxylic acids is 3. The number of hydrogen-bond donors (Lipinski definition) is 2. The van der Waals surface area contributed by atoms with Gasteiger partial charge in [-0.15, -0.1) is 0 Å². The fraction of sp³-hybridized carbons (Fsp3) is 0.643. The second kappa shape index (κ2) is 15.3. The Hall–Kier alpha value is -3.54. The van der Waals surface area contributed by atoms with E-state index in [4.69, 9.17) is 28.4 Å². The van der Waals surface area contributed by atoms with Gasteiger partial charge in [0.25, 0.3) is 0 Å². The maximum atomic E-state index is 12.5. The molecule has 0 fully saturated rings. The summed E-state index contributed by atoms with van der Waals surface area (Å²) in [5, 5.41) is 12.6. The first kappa shape index (κ1) is 34.5. The van der Waals surface area contributed by atoms with Crippen molar-refractivity contribution in [2.45, 2.75) is 111 Å². The van der Waals surface area contributed by atoms with Crippen LogP contribution in [0.25, 0.3) is 0 Å². The van der Waals surface area contributed by atoms with Gasteiger partial charge in [-0.05, 0) is 85.4 Å². The summed E-state index contributed by atoms with van der Waals surface area (Å²) in [4.78, 5) is 48.5. The second-order valence-electron chi connectivity index (χ2n) is 10.8. The zero-order valence-corrected chi connectivity index (χ0v) is 24.8. The number of hydrogen-bond acceptors (Lipinski definition) is 11. The summed E-state index contributed by atoms with van der Waals surface area (Å²) >= 11 is 0. The van der Waals surface area contributed by atoms with E-state index >= 15 is 0 Å². The molecule has 0 saturated heterocycles. The molecule has 0 spiro atoms. The van der Waals surface area contributed by atoms with Crippen molar-refractivity contribution < 1.29 is 52.7 Å². The number of ether oxygens (including phenoxy) is 6. The lowest BCUT2D eigenvalue weighted by atomic mass is 10.0. The molecule has 0 aliphatic heterocycles. The van der Waals surface area contributed by atoms with Gasteiger partial charge >= 0.3 is 24.4 Å². The highest BCUT2D eigenvalue weighted by molar-refractivity contribution is 5.74. The van der Waals surface area contributed by atoms with Gasteiger partial charge in [0.2, 0.25) is 0 Å². The van der Waals surface area contributed by atoms with Crippen molar-refractivity contribution in [2.75, 3.05) is 6.54 Å². The Morgan fingerprint density at radius 3 is 1.82 bits per heavy atom. The molecule has 0 aliphatic carbocycles.